The number of benzene rings is 2. The highest BCUT2D eigenvalue weighted by molar-refractivity contribution is 7.92. The monoisotopic (exact) mass is 463 g/mol. The third-order valence-electron chi connectivity index (χ3n) is 4.87. The Morgan fingerprint density at radius 3 is 2.16 bits per heavy atom. The molecule has 0 aliphatic heterocycles. The summed E-state index contributed by atoms with van der Waals surface area (Å²) >= 11 is 0. The van der Waals surface area contributed by atoms with Gasteiger partial charge in [0.2, 0.25) is 21.8 Å². The van der Waals surface area contributed by atoms with E-state index in [0.717, 1.165) is 27.8 Å². The largest absolute Gasteiger partial charge is 0.352 e. The molecule has 0 aromatic heterocycles. The van der Waals surface area contributed by atoms with Gasteiger partial charge in [0.25, 0.3) is 0 Å². The Bertz CT molecular complexity index is 1060. The number of rotatable bonds is 9. The van der Waals surface area contributed by atoms with E-state index < -0.39 is 34.3 Å². The minimum atomic E-state index is -3.97. The molecule has 0 unspecified atom stereocenters. The second-order valence-electron chi connectivity index (χ2n) is 8.07. The molecule has 1 atom stereocenters. The molecule has 32 heavy (non-hydrogen) atoms. The standard InChI is InChI=1S/C23H30FN3O4S/c1-16(2)25-23(29)18(4)26(14-19-12-10-17(3)11-13-19)22(28)15-27(32(5,30)31)21-9-7-6-8-20(21)24/h6-13,16,18H,14-15H2,1-5H3,(H,25,29)/t18-/m1/s1. The van der Waals surface area contributed by atoms with E-state index in [1.807, 2.05) is 31.2 Å². The van der Waals surface area contributed by atoms with E-state index in [1.54, 1.807) is 20.8 Å². The van der Waals surface area contributed by atoms with Gasteiger partial charge in [0, 0.05) is 12.6 Å². The number of carbonyl (C=O) groups excluding carboxylic acids is 2. The van der Waals surface area contributed by atoms with Crippen molar-refractivity contribution in [3.05, 3.63) is 65.5 Å². The zero-order valence-corrected chi connectivity index (χ0v) is 19.8. The molecule has 0 saturated heterocycles. The molecule has 0 fully saturated rings. The van der Waals surface area contributed by atoms with E-state index in [9.17, 15) is 22.4 Å². The lowest BCUT2D eigenvalue weighted by atomic mass is 10.1. The molecular weight excluding hydrogens is 433 g/mol. The summed E-state index contributed by atoms with van der Waals surface area (Å²) in [6.07, 6.45) is 0.909. The van der Waals surface area contributed by atoms with Gasteiger partial charge in [-0.3, -0.25) is 13.9 Å². The second-order valence-corrected chi connectivity index (χ2v) is 9.97. The van der Waals surface area contributed by atoms with Crippen LogP contribution in [-0.2, 0) is 26.2 Å². The van der Waals surface area contributed by atoms with Crippen molar-refractivity contribution in [1.82, 2.24) is 10.2 Å². The maximum absolute atomic E-state index is 14.3. The van der Waals surface area contributed by atoms with E-state index in [0.29, 0.717) is 0 Å². The summed E-state index contributed by atoms with van der Waals surface area (Å²) in [6.45, 7) is 6.59. The van der Waals surface area contributed by atoms with Crippen LogP contribution in [-0.4, -0.2) is 50.0 Å². The molecule has 174 valence electrons. The van der Waals surface area contributed by atoms with Crippen molar-refractivity contribution in [3.8, 4) is 0 Å². The number of amides is 2. The van der Waals surface area contributed by atoms with Crippen LogP contribution >= 0.6 is 0 Å². The summed E-state index contributed by atoms with van der Waals surface area (Å²) in [7, 11) is -3.97. The highest BCUT2D eigenvalue weighted by Gasteiger charge is 2.31. The highest BCUT2D eigenvalue weighted by atomic mass is 32.2. The predicted molar refractivity (Wildman–Crippen MR) is 123 cm³/mol. The molecule has 0 spiro atoms. The lowest BCUT2D eigenvalue weighted by Gasteiger charge is -2.32. The van der Waals surface area contributed by atoms with Crippen LogP contribution in [0.3, 0.4) is 0 Å². The van der Waals surface area contributed by atoms with Crippen LogP contribution in [0.25, 0.3) is 0 Å². The number of aryl methyl sites for hydroxylation is 1. The van der Waals surface area contributed by atoms with E-state index in [4.69, 9.17) is 0 Å². The Kier molecular flexibility index (Phi) is 8.38. The van der Waals surface area contributed by atoms with Crippen LogP contribution in [0.5, 0.6) is 0 Å². The second kappa shape index (κ2) is 10.6. The first-order valence-electron chi connectivity index (χ1n) is 10.3. The maximum Gasteiger partial charge on any atom is 0.244 e. The summed E-state index contributed by atoms with van der Waals surface area (Å²) in [5.74, 6) is -1.75. The molecule has 2 rings (SSSR count). The molecular formula is C23H30FN3O4S. The number of para-hydroxylation sites is 1. The average molecular weight is 464 g/mol. The van der Waals surface area contributed by atoms with Crippen LogP contribution in [0.1, 0.15) is 31.9 Å². The third kappa shape index (κ3) is 6.78. The van der Waals surface area contributed by atoms with Crippen LogP contribution in [0.2, 0.25) is 0 Å². The fourth-order valence-corrected chi connectivity index (χ4v) is 3.98. The molecule has 0 heterocycles. The van der Waals surface area contributed by atoms with E-state index >= 15 is 0 Å². The maximum atomic E-state index is 14.3. The van der Waals surface area contributed by atoms with Crippen molar-refractivity contribution >= 4 is 27.5 Å². The number of hydrogen-bond donors (Lipinski definition) is 1. The van der Waals surface area contributed by atoms with Crippen molar-refractivity contribution < 1.29 is 22.4 Å². The Balaban J connectivity index is 2.39. The predicted octanol–water partition coefficient (Wildman–Crippen LogP) is 2.84. The van der Waals surface area contributed by atoms with E-state index in [2.05, 4.69) is 5.32 Å². The quantitative estimate of drug-likeness (QED) is 0.620. The molecule has 0 aliphatic rings. The Morgan fingerprint density at radius 2 is 1.62 bits per heavy atom. The van der Waals surface area contributed by atoms with Gasteiger partial charge < -0.3 is 10.2 Å². The highest BCUT2D eigenvalue weighted by Crippen LogP contribution is 2.22. The average Bonchev–Trinajstić information content (AvgIpc) is 2.70. The van der Waals surface area contributed by atoms with Gasteiger partial charge in [-0.1, -0.05) is 42.0 Å². The molecule has 0 bridgehead atoms. The Morgan fingerprint density at radius 1 is 1.03 bits per heavy atom. The van der Waals surface area contributed by atoms with Gasteiger partial charge >= 0.3 is 0 Å². The zero-order valence-electron chi connectivity index (χ0n) is 19.0. The fraction of sp³-hybridized carbons (Fsp3) is 0.391. The summed E-state index contributed by atoms with van der Waals surface area (Å²) in [5, 5.41) is 2.77. The lowest BCUT2D eigenvalue weighted by Crippen LogP contribution is -2.52. The van der Waals surface area contributed by atoms with Gasteiger partial charge in [0.15, 0.2) is 0 Å². The van der Waals surface area contributed by atoms with E-state index in [-0.39, 0.29) is 24.2 Å². The molecule has 9 heteroatoms. The normalized spacial score (nSPS) is 12.3. The molecule has 0 saturated carbocycles. The SMILES string of the molecule is Cc1ccc(CN(C(=O)CN(c2ccccc2F)S(C)(=O)=O)[C@H](C)C(=O)NC(C)C)cc1. The number of hydrogen-bond acceptors (Lipinski definition) is 4. The summed E-state index contributed by atoms with van der Waals surface area (Å²) in [4.78, 5) is 27.3. The number of halogens is 1. The van der Waals surface area contributed by atoms with Crippen LogP contribution in [0.15, 0.2) is 48.5 Å². The number of carbonyl (C=O) groups is 2. The topological polar surface area (TPSA) is 86.8 Å². The first-order chi connectivity index (χ1) is 14.9. The van der Waals surface area contributed by atoms with Crippen molar-refractivity contribution in [1.29, 1.82) is 0 Å². The van der Waals surface area contributed by atoms with Gasteiger partial charge in [-0.2, -0.15) is 0 Å². The molecule has 0 aliphatic carbocycles. The third-order valence-corrected chi connectivity index (χ3v) is 6.00. The van der Waals surface area contributed by atoms with Crippen molar-refractivity contribution in [2.24, 2.45) is 0 Å². The van der Waals surface area contributed by atoms with Crippen molar-refractivity contribution in [3.63, 3.8) is 0 Å². The number of nitrogens with zero attached hydrogens (tertiary/aromatic N) is 2. The summed E-state index contributed by atoms with van der Waals surface area (Å²) < 4.78 is 39.9. The van der Waals surface area contributed by atoms with Crippen molar-refractivity contribution in [2.45, 2.75) is 46.3 Å². The van der Waals surface area contributed by atoms with Crippen LogP contribution in [0, 0.1) is 12.7 Å². The smallest absolute Gasteiger partial charge is 0.244 e. The zero-order chi connectivity index (χ0) is 24.1. The first kappa shape index (κ1) is 25.3. The van der Waals surface area contributed by atoms with Gasteiger partial charge in [0.05, 0.1) is 11.9 Å². The molecule has 7 nitrogen and oxygen atoms in total. The fourth-order valence-electron chi connectivity index (χ4n) is 3.13. The minimum Gasteiger partial charge on any atom is -0.352 e. The van der Waals surface area contributed by atoms with Crippen LogP contribution < -0.4 is 9.62 Å². The molecule has 2 aromatic carbocycles. The minimum absolute atomic E-state index is 0.0979. The lowest BCUT2D eigenvalue weighted by molar-refractivity contribution is -0.139. The molecule has 1 N–H and O–H groups in total. The summed E-state index contributed by atoms with van der Waals surface area (Å²) in [5.41, 5.74) is 1.60. The molecule has 2 aromatic rings. The summed E-state index contributed by atoms with van der Waals surface area (Å²) in [6, 6.07) is 11.8. The van der Waals surface area contributed by atoms with Gasteiger partial charge in [0.1, 0.15) is 18.4 Å². The molecule has 2 amide bonds. The van der Waals surface area contributed by atoms with Gasteiger partial charge in [-0.15, -0.1) is 0 Å². The first-order valence-corrected chi connectivity index (χ1v) is 12.1. The van der Waals surface area contributed by atoms with Crippen LogP contribution in [0.4, 0.5) is 10.1 Å². The van der Waals surface area contributed by atoms with Crippen molar-refractivity contribution in [2.75, 3.05) is 17.1 Å². The number of sulfonamides is 1. The number of anilines is 1. The van der Waals surface area contributed by atoms with Gasteiger partial charge in [-0.05, 0) is 45.4 Å². The number of nitrogens with one attached hydrogen (secondary N) is 1. The van der Waals surface area contributed by atoms with E-state index in [1.165, 1.54) is 23.1 Å². The van der Waals surface area contributed by atoms with Gasteiger partial charge in [-0.25, -0.2) is 12.8 Å². The molecule has 0 radical (unpaired) electrons. The Labute approximate surface area is 189 Å². The Hall–Kier alpha value is -2.94.